The summed E-state index contributed by atoms with van der Waals surface area (Å²) < 4.78 is 39.1. The van der Waals surface area contributed by atoms with Gasteiger partial charge in [-0.2, -0.15) is 18.4 Å². The van der Waals surface area contributed by atoms with Crippen molar-refractivity contribution in [2.24, 2.45) is 0 Å². The van der Waals surface area contributed by atoms with Crippen LogP contribution in [0.25, 0.3) is 0 Å². The molecule has 1 saturated heterocycles. The Kier molecular flexibility index (Phi) is 6.72. The van der Waals surface area contributed by atoms with Crippen LogP contribution in [-0.4, -0.2) is 47.1 Å². The van der Waals surface area contributed by atoms with Crippen molar-refractivity contribution in [3.05, 3.63) is 53.3 Å². The Morgan fingerprint density at radius 3 is 2.52 bits per heavy atom. The largest absolute Gasteiger partial charge is 0.419 e. The summed E-state index contributed by atoms with van der Waals surface area (Å²) in [5.41, 5.74) is -0.833. The number of nitrogens with one attached hydrogen (secondary N) is 3. The zero-order valence-electron chi connectivity index (χ0n) is 16.5. The third-order valence-electron chi connectivity index (χ3n) is 4.69. The molecular formula is C20H19F3N6OS. The lowest BCUT2D eigenvalue weighted by Crippen LogP contribution is -2.36. The molecule has 1 aliphatic heterocycles. The van der Waals surface area contributed by atoms with Crippen molar-refractivity contribution < 1.29 is 18.0 Å². The molecule has 31 heavy (non-hydrogen) atoms. The zero-order valence-corrected chi connectivity index (χ0v) is 17.3. The van der Waals surface area contributed by atoms with Crippen LogP contribution in [0.3, 0.4) is 0 Å². The number of amides is 1. The summed E-state index contributed by atoms with van der Waals surface area (Å²) in [4.78, 5) is 18.0. The van der Waals surface area contributed by atoms with Crippen LogP contribution >= 0.6 is 12.2 Å². The van der Waals surface area contributed by atoms with E-state index in [4.69, 9.17) is 17.5 Å². The second kappa shape index (κ2) is 9.28. The van der Waals surface area contributed by atoms with E-state index in [1.807, 2.05) is 7.05 Å². The van der Waals surface area contributed by atoms with Crippen molar-refractivity contribution in [2.45, 2.75) is 18.6 Å². The van der Waals surface area contributed by atoms with Crippen molar-refractivity contribution in [1.29, 1.82) is 5.26 Å². The highest BCUT2D eigenvalue weighted by molar-refractivity contribution is 7.80. The Labute approximate surface area is 182 Å². The van der Waals surface area contributed by atoms with Gasteiger partial charge in [-0.3, -0.25) is 4.79 Å². The maximum atomic E-state index is 13.0. The molecule has 0 spiro atoms. The highest BCUT2D eigenvalue weighted by atomic mass is 32.1. The Hall–Kier alpha value is -3.23. The third-order valence-corrected chi connectivity index (χ3v) is 4.89. The summed E-state index contributed by atoms with van der Waals surface area (Å²) in [6.45, 7) is 1.75. The van der Waals surface area contributed by atoms with E-state index in [2.05, 4.69) is 25.8 Å². The van der Waals surface area contributed by atoms with Gasteiger partial charge in [-0.15, -0.1) is 0 Å². The first kappa shape index (κ1) is 22.5. The van der Waals surface area contributed by atoms with Crippen LogP contribution in [0, 0.1) is 11.3 Å². The lowest BCUT2D eigenvalue weighted by atomic mass is 10.1. The molecule has 3 N–H and O–H groups in total. The van der Waals surface area contributed by atoms with E-state index < -0.39 is 17.4 Å². The minimum Gasteiger partial charge on any atom is -0.348 e. The van der Waals surface area contributed by atoms with E-state index in [1.54, 1.807) is 24.3 Å². The number of likely N-dealkylation sites (tertiary alicyclic amines) is 1. The van der Waals surface area contributed by atoms with Crippen LogP contribution in [0.15, 0.2) is 36.5 Å². The molecule has 0 saturated carbocycles. The zero-order chi connectivity index (χ0) is 22.6. The molecular weight excluding hydrogens is 429 g/mol. The van der Waals surface area contributed by atoms with Crippen LogP contribution in [-0.2, 0) is 6.18 Å². The number of nitriles is 1. The van der Waals surface area contributed by atoms with Gasteiger partial charge in [0.2, 0.25) is 0 Å². The molecule has 1 amide bonds. The number of hydrogen-bond donors (Lipinski definition) is 3. The van der Waals surface area contributed by atoms with Gasteiger partial charge in [0.15, 0.2) is 10.8 Å². The molecule has 7 nitrogen and oxygen atoms in total. The quantitative estimate of drug-likeness (QED) is 0.619. The second-order valence-electron chi connectivity index (χ2n) is 7.11. The van der Waals surface area contributed by atoms with E-state index >= 15 is 0 Å². The summed E-state index contributed by atoms with van der Waals surface area (Å²) in [7, 11) is 2.00. The molecule has 0 aliphatic carbocycles. The Bertz CT molecular complexity index is 1020. The van der Waals surface area contributed by atoms with E-state index in [-0.39, 0.29) is 22.7 Å². The number of hydrogen-bond acceptors (Lipinski definition) is 5. The second-order valence-corrected chi connectivity index (χ2v) is 7.52. The maximum absolute atomic E-state index is 13.0. The standard InChI is InChI=1S/C20H19F3N6OS/c1-29-7-6-14(11-29)26-18(30)12-2-4-13(5-3-12)27-19(31)28-15-8-16(20(21,22)23)17(9-24)25-10-15/h2-5,8,10,14H,6-7,11H2,1H3,(H,26,30)(H2,27,28,31). The number of anilines is 2. The van der Waals surface area contributed by atoms with Crippen LogP contribution in [0.5, 0.6) is 0 Å². The van der Waals surface area contributed by atoms with Crippen LogP contribution in [0.4, 0.5) is 24.5 Å². The highest BCUT2D eigenvalue weighted by Crippen LogP contribution is 2.32. The fraction of sp³-hybridized carbons (Fsp3) is 0.300. The first-order chi connectivity index (χ1) is 14.7. The van der Waals surface area contributed by atoms with Crippen LogP contribution in [0.1, 0.15) is 28.0 Å². The van der Waals surface area contributed by atoms with Crippen molar-refractivity contribution in [1.82, 2.24) is 15.2 Å². The van der Waals surface area contributed by atoms with Gasteiger partial charge >= 0.3 is 6.18 Å². The van der Waals surface area contributed by atoms with Gasteiger partial charge in [0, 0.05) is 23.8 Å². The van der Waals surface area contributed by atoms with Gasteiger partial charge in [-0.25, -0.2) is 4.98 Å². The van der Waals surface area contributed by atoms with Gasteiger partial charge in [0.05, 0.1) is 17.4 Å². The molecule has 1 atom stereocenters. The summed E-state index contributed by atoms with van der Waals surface area (Å²) in [6, 6.07) is 8.85. The fourth-order valence-corrected chi connectivity index (χ4v) is 3.39. The number of alkyl halides is 3. The molecule has 1 aliphatic rings. The van der Waals surface area contributed by atoms with E-state index in [1.165, 1.54) is 6.07 Å². The van der Waals surface area contributed by atoms with Crippen molar-refractivity contribution in [3.8, 4) is 6.07 Å². The van der Waals surface area contributed by atoms with Crippen molar-refractivity contribution in [3.63, 3.8) is 0 Å². The summed E-state index contributed by atoms with van der Waals surface area (Å²) in [6.07, 6.45) is -2.72. The number of aromatic nitrogens is 1. The summed E-state index contributed by atoms with van der Waals surface area (Å²) in [5.74, 6) is -0.170. The van der Waals surface area contributed by atoms with Crippen LogP contribution in [0.2, 0.25) is 0 Å². The van der Waals surface area contributed by atoms with Crippen molar-refractivity contribution in [2.75, 3.05) is 30.8 Å². The molecule has 1 unspecified atom stereocenters. The number of nitrogens with zero attached hydrogens (tertiary/aromatic N) is 3. The molecule has 1 aromatic carbocycles. The van der Waals surface area contributed by atoms with E-state index in [0.717, 1.165) is 31.8 Å². The lowest BCUT2D eigenvalue weighted by Gasteiger charge is -2.14. The minimum absolute atomic E-state index is 0.0126. The number of benzene rings is 1. The number of carbonyl (C=O) groups excluding carboxylic acids is 1. The fourth-order valence-electron chi connectivity index (χ4n) is 3.16. The van der Waals surface area contributed by atoms with Gasteiger partial charge < -0.3 is 20.9 Å². The summed E-state index contributed by atoms with van der Waals surface area (Å²) in [5, 5.41) is 17.3. The predicted molar refractivity (Wildman–Crippen MR) is 114 cm³/mol. The Morgan fingerprint density at radius 2 is 1.94 bits per heavy atom. The number of halogens is 3. The number of pyridine rings is 1. The lowest BCUT2D eigenvalue weighted by molar-refractivity contribution is -0.138. The molecule has 1 fully saturated rings. The van der Waals surface area contributed by atoms with Gasteiger partial charge in [-0.1, -0.05) is 0 Å². The highest BCUT2D eigenvalue weighted by Gasteiger charge is 2.34. The third kappa shape index (κ3) is 5.90. The van der Waals surface area contributed by atoms with Crippen molar-refractivity contribution >= 4 is 34.6 Å². The first-order valence-electron chi connectivity index (χ1n) is 9.30. The predicted octanol–water partition coefficient (Wildman–Crippen LogP) is 3.21. The number of likely N-dealkylation sites (N-methyl/N-ethyl adjacent to an activating group) is 1. The van der Waals surface area contributed by atoms with Gasteiger partial charge in [0.25, 0.3) is 5.91 Å². The first-order valence-corrected chi connectivity index (χ1v) is 9.71. The SMILES string of the molecule is CN1CCC(NC(=O)c2ccc(NC(=S)Nc3cnc(C#N)c(C(F)(F)F)c3)cc2)C1. The molecule has 0 radical (unpaired) electrons. The topological polar surface area (TPSA) is 93.1 Å². The average molecular weight is 448 g/mol. The van der Waals surface area contributed by atoms with Gasteiger partial charge in [0.1, 0.15) is 6.07 Å². The molecule has 162 valence electrons. The molecule has 1 aromatic heterocycles. The minimum atomic E-state index is -4.71. The monoisotopic (exact) mass is 448 g/mol. The number of rotatable bonds is 4. The van der Waals surface area contributed by atoms with E-state index in [9.17, 15) is 18.0 Å². The molecule has 2 aromatic rings. The molecule has 3 rings (SSSR count). The molecule has 0 bridgehead atoms. The summed E-state index contributed by atoms with van der Waals surface area (Å²) >= 11 is 5.13. The van der Waals surface area contributed by atoms with Gasteiger partial charge in [-0.05, 0) is 62.6 Å². The average Bonchev–Trinajstić information content (AvgIpc) is 3.12. The number of thiocarbonyl (C=S) groups is 1. The number of carbonyl (C=O) groups is 1. The molecule has 2 heterocycles. The molecule has 11 heteroatoms. The maximum Gasteiger partial charge on any atom is 0.419 e. The Balaban J connectivity index is 1.60. The Morgan fingerprint density at radius 1 is 1.26 bits per heavy atom. The normalized spacial score (nSPS) is 16.4. The van der Waals surface area contributed by atoms with Crippen LogP contribution < -0.4 is 16.0 Å². The smallest absolute Gasteiger partial charge is 0.348 e. The van der Waals surface area contributed by atoms with E-state index in [0.29, 0.717) is 11.3 Å².